The number of benzene rings is 1. The Labute approximate surface area is 162 Å². The molecule has 3 rings (SSSR count). The average Bonchev–Trinajstić information content (AvgIpc) is 3.00. The number of hydrogen-bond donors (Lipinski definition) is 3. The zero-order valence-corrected chi connectivity index (χ0v) is 15.8. The van der Waals surface area contributed by atoms with Crippen LogP contribution in [0, 0.1) is 5.82 Å². The lowest BCUT2D eigenvalue weighted by Crippen LogP contribution is -2.19. The highest BCUT2D eigenvalue weighted by Gasteiger charge is 2.25. The molecule has 0 aliphatic heterocycles. The number of aliphatic hydroxyl groups is 2. The zero-order chi connectivity index (χ0) is 20.3. The molecule has 3 N–H and O–H groups in total. The summed E-state index contributed by atoms with van der Waals surface area (Å²) in [6.07, 6.45) is 3.70. The molecule has 1 aliphatic carbocycles. The third-order valence-corrected chi connectivity index (χ3v) is 5.06. The van der Waals surface area contributed by atoms with Crippen molar-refractivity contribution in [2.24, 2.45) is 0 Å². The minimum absolute atomic E-state index is 0.0634. The van der Waals surface area contributed by atoms with Crippen molar-refractivity contribution in [2.75, 3.05) is 0 Å². The molecule has 1 aromatic heterocycles. The number of aromatic nitrogens is 2. The summed E-state index contributed by atoms with van der Waals surface area (Å²) in [5.74, 6) is -1.12. The standard InChI is InChI=1S/C21H25FN2O4/c1-13-3-2-4-18-19(10-9-16(25)11-17(26)12-20(27)28)24(23-21(13)18)15-7-5-14(22)6-8-15/h5-10,13,16-17,25-26H,2-4,11-12H2,1H3,(H,27,28)/b10-9+/t13?,16-,17-/m0/s1. The molecule has 0 saturated carbocycles. The monoisotopic (exact) mass is 388 g/mol. The van der Waals surface area contributed by atoms with Gasteiger partial charge in [-0.3, -0.25) is 4.79 Å². The van der Waals surface area contributed by atoms with E-state index >= 15 is 0 Å². The zero-order valence-electron chi connectivity index (χ0n) is 15.8. The van der Waals surface area contributed by atoms with Crippen molar-refractivity contribution in [2.45, 2.75) is 57.2 Å². The molecular weight excluding hydrogens is 363 g/mol. The van der Waals surface area contributed by atoms with Gasteiger partial charge in [-0.15, -0.1) is 0 Å². The van der Waals surface area contributed by atoms with E-state index in [9.17, 15) is 19.4 Å². The Morgan fingerprint density at radius 1 is 1.36 bits per heavy atom. The summed E-state index contributed by atoms with van der Waals surface area (Å²) in [6.45, 7) is 2.13. The molecule has 0 fully saturated rings. The van der Waals surface area contributed by atoms with E-state index < -0.39 is 24.6 Å². The molecular formula is C21H25FN2O4. The van der Waals surface area contributed by atoms with Crippen molar-refractivity contribution in [3.8, 4) is 5.69 Å². The Balaban J connectivity index is 1.90. The molecule has 2 aromatic rings. The summed E-state index contributed by atoms with van der Waals surface area (Å²) in [4.78, 5) is 10.7. The summed E-state index contributed by atoms with van der Waals surface area (Å²) in [5, 5.41) is 33.3. The first kappa shape index (κ1) is 20.2. The Bertz CT molecular complexity index is 860. The predicted octanol–water partition coefficient (Wildman–Crippen LogP) is 3.05. The van der Waals surface area contributed by atoms with Crippen LogP contribution in [0.1, 0.15) is 55.5 Å². The number of hydrogen-bond acceptors (Lipinski definition) is 4. The number of aliphatic hydroxyl groups excluding tert-OH is 2. The fourth-order valence-electron chi connectivity index (χ4n) is 3.65. The van der Waals surface area contributed by atoms with E-state index in [1.807, 2.05) is 0 Å². The van der Waals surface area contributed by atoms with Gasteiger partial charge >= 0.3 is 5.97 Å². The smallest absolute Gasteiger partial charge is 0.305 e. The van der Waals surface area contributed by atoms with E-state index in [0.717, 1.165) is 41.9 Å². The fourth-order valence-corrected chi connectivity index (χ4v) is 3.65. The van der Waals surface area contributed by atoms with Gasteiger partial charge in [-0.05, 0) is 49.6 Å². The quantitative estimate of drug-likeness (QED) is 0.678. The number of rotatable bonds is 7. The van der Waals surface area contributed by atoms with Gasteiger partial charge in [-0.25, -0.2) is 9.07 Å². The molecule has 0 amide bonds. The van der Waals surface area contributed by atoms with Crippen LogP contribution in [0.25, 0.3) is 11.8 Å². The van der Waals surface area contributed by atoms with Crippen molar-refractivity contribution in [1.82, 2.24) is 9.78 Å². The van der Waals surface area contributed by atoms with Crippen LogP contribution < -0.4 is 0 Å². The molecule has 6 nitrogen and oxygen atoms in total. The minimum Gasteiger partial charge on any atom is -0.481 e. The van der Waals surface area contributed by atoms with E-state index in [1.54, 1.807) is 29.0 Å². The number of fused-ring (bicyclic) bond motifs is 1. The maximum absolute atomic E-state index is 13.3. The van der Waals surface area contributed by atoms with Crippen LogP contribution in [0.4, 0.5) is 4.39 Å². The van der Waals surface area contributed by atoms with Gasteiger partial charge in [0.2, 0.25) is 0 Å². The van der Waals surface area contributed by atoms with Crippen LogP contribution >= 0.6 is 0 Å². The SMILES string of the molecule is CC1CCCc2c1nn(-c1ccc(F)cc1)c2/C=C/[C@H](O)C[C@H](O)CC(=O)O. The highest BCUT2D eigenvalue weighted by molar-refractivity contribution is 5.67. The first-order valence-electron chi connectivity index (χ1n) is 9.49. The lowest BCUT2D eigenvalue weighted by atomic mass is 9.88. The highest BCUT2D eigenvalue weighted by Crippen LogP contribution is 2.34. The highest BCUT2D eigenvalue weighted by atomic mass is 19.1. The second-order valence-electron chi connectivity index (χ2n) is 7.34. The molecule has 150 valence electrons. The average molecular weight is 388 g/mol. The molecule has 0 saturated heterocycles. The topological polar surface area (TPSA) is 95.6 Å². The third-order valence-electron chi connectivity index (χ3n) is 5.06. The van der Waals surface area contributed by atoms with Gasteiger partial charge in [-0.2, -0.15) is 5.10 Å². The van der Waals surface area contributed by atoms with E-state index in [4.69, 9.17) is 10.2 Å². The van der Waals surface area contributed by atoms with Crippen LogP contribution in [0.3, 0.4) is 0 Å². The van der Waals surface area contributed by atoms with Gasteiger partial charge < -0.3 is 15.3 Å². The lowest BCUT2D eigenvalue weighted by Gasteiger charge is -2.17. The number of halogens is 1. The van der Waals surface area contributed by atoms with Crippen LogP contribution in [-0.4, -0.2) is 43.3 Å². The maximum Gasteiger partial charge on any atom is 0.305 e. The van der Waals surface area contributed by atoms with Gasteiger partial charge in [0.25, 0.3) is 0 Å². The van der Waals surface area contributed by atoms with Crippen molar-refractivity contribution in [3.05, 3.63) is 53.1 Å². The van der Waals surface area contributed by atoms with Crippen LogP contribution in [0.2, 0.25) is 0 Å². The molecule has 1 aromatic carbocycles. The van der Waals surface area contributed by atoms with Crippen LogP contribution in [-0.2, 0) is 11.2 Å². The lowest BCUT2D eigenvalue weighted by molar-refractivity contribution is -0.139. The van der Waals surface area contributed by atoms with Crippen LogP contribution in [0.5, 0.6) is 0 Å². The van der Waals surface area contributed by atoms with Crippen molar-refractivity contribution >= 4 is 12.0 Å². The summed E-state index contributed by atoms with van der Waals surface area (Å²) >= 11 is 0. The molecule has 1 heterocycles. The summed E-state index contributed by atoms with van der Waals surface area (Å²) < 4.78 is 15.1. The number of carboxylic acids is 1. The van der Waals surface area contributed by atoms with E-state index in [1.165, 1.54) is 12.1 Å². The van der Waals surface area contributed by atoms with Crippen molar-refractivity contribution < 1.29 is 24.5 Å². The Morgan fingerprint density at radius 3 is 2.75 bits per heavy atom. The van der Waals surface area contributed by atoms with Crippen molar-refractivity contribution in [1.29, 1.82) is 0 Å². The molecule has 28 heavy (non-hydrogen) atoms. The molecule has 0 spiro atoms. The predicted molar refractivity (Wildman–Crippen MR) is 103 cm³/mol. The van der Waals surface area contributed by atoms with Gasteiger partial charge in [-0.1, -0.05) is 13.0 Å². The summed E-state index contributed by atoms with van der Waals surface area (Å²) in [5.41, 5.74) is 3.66. The molecule has 1 aliphatic rings. The molecule has 0 radical (unpaired) electrons. The number of carboxylic acid groups (broad SMARTS) is 1. The fraction of sp³-hybridized carbons (Fsp3) is 0.429. The van der Waals surface area contributed by atoms with Gasteiger partial charge in [0.1, 0.15) is 5.82 Å². The number of carbonyl (C=O) groups is 1. The molecule has 3 atom stereocenters. The first-order chi connectivity index (χ1) is 13.3. The van der Waals surface area contributed by atoms with E-state index in [-0.39, 0.29) is 12.2 Å². The second-order valence-corrected chi connectivity index (χ2v) is 7.34. The largest absolute Gasteiger partial charge is 0.481 e. The maximum atomic E-state index is 13.3. The van der Waals surface area contributed by atoms with Gasteiger partial charge in [0.15, 0.2) is 0 Å². The number of aliphatic carboxylic acids is 1. The Hall–Kier alpha value is -2.51. The van der Waals surface area contributed by atoms with Gasteiger partial charge in [0, 0.05) is 17.9 Å². The minimum atomic E-state index is -1.12. The summed E-state index contributed by atoms with van der Waals surface area (Å²) in [6, 6.07) is 6.07. The van der Waals surface area contributed by atoms with Crippen molar-refractivity contribution in [3.63, 3.8) is 0 Å². The van der Waals surface area contributed by atoms with Gasteiger partial charge in [0.05, 0.1) is 35.7 Å². The number of nitrogens with zero attached hydrogens (tertiary/aromatic N) is 2. The summed E-state index contributed by atoms with van der Waals surface area (Å²) in [7, 11) is 0. The molecule has 7 heteroatoms. The Morgan fingerprint density at radius 2 is 2.07 bits per heavy atom. The molecule has 1 unspecified atom stereocenters. The van der Waals surface area contributed by atoms with E-state index in [2.05, 4.69) is 6.92 Å². The first-order valence-corrected chi connectivity index (χ1v) is 9.49. The normalized spacial score (nSPS) is 18.8. The van der Waals surface area contributed by atoms with Crippen LogP contribution in [0.15, 0.2) is 30.3 Å². The van der Waals surface area contributed by atoms with E-state index in [0.29, 0.717) is 5.92 Å². The molecule has 0 bridgehead atoms. The third kappa shape index (κ3) is 4.66. The second kappa shape index (κ2) is 8.67. The Kier molecular flexibility index (Phi) is 6.26.